The average molecular weight is 180 g/mol. The van der Waals surface area contributed by atoms with E-state index in [1.165, 1.54) is 0 Å². The molecule has 1 heteroatoms. The van der Waals surface area contributed by atoms with E-state index in [-0.39, 0.29) is 10.8 Å². The van der Waals surface area contributed by atoms with Gasteiger partial charge in [0.1, 0.15) is 0 Å². The minimum Gasteiger partial charge on any atom is -0.512 e. The zero-order valence-electron chi connectivity index (χ0n) is 9.09. The molecule has 1 aliphatic rings. The van der Waals surface area contributed by atoms with Crippen LogP contribution in [0.2, 0.25) is 0 Å². The van der Waals surface area contributed by atoms with Crippen molar-refractivity contribution >= 4 is 0 Å². The van der Waals surface area contributed by atoms with E-state index in [2.05, 4.69) is 33.8 Å². The summed E-state index contributed by atoms with van der Waals surface area (Å²) in [5.74, 6) is 0.529. The Morgan fingerprint density at radius 2 is 2.15 bits per heavy atom. The van der Waals surface area contributed by atoms with Crippen LogP contribution in [0.4, 0.5) is 0 Å². The molecule has 1 atom stereocenters. The van der Waals surface area contributed by atoms with E-state index in [4.69, 9.17) is 0 Å². The SMILES string of the molecule is CCC(C)(C)C1(C)CC=CC=C1O. The molecule has 0 bridgehead atoms. The molecule has 74 valence electrons. The lowest BCUT2D eigenvalue weighted by molar-refractivity contribution is 0.0738. The van der Waals surface area contributed by atoms with Gasteiger partial charge in [-0.15, -0.1) is 0 Å². The summed E-state index contributed by atoms with van der Waals surface area (Å²) in [4.78, 5) is 0. The fraction of sp³-hybridized carbons (Fsp3) is 0.667. The highest BCUT2D eigenvalue weighted by molar-refractivity contribution is 5.23. The molecule has 0 heterocycles. The largest absolute Gasteiger partial charge is 0.512 e. The lowest BCUT2D eigenvalue weighted by Gasteiger charge is -2.44. The predicted octanol–water partition coefficient (Wildman–Crippen LogP) is 3.83. The number of hydrogen-bond donors (Lipinski definition) is 1. The van der Waals surface area contributed by atoms with Crippen molar-refractivity contribution in [3.8, 4) is 0 Å². The molecule has 0 radical (unpaired) electrons. The van der Waals surface area contributed by atoms with Gasteiger partial charge in [0.25, 0.3) is 0 Å². The highest BCUT2D eigenvalue weighted by Gasteiger charge is 2.42. The Morgan fingerprint density at radius 3 is 2.62 bits per heavy atom. The number of rotatable bonds is 2. The Bertz CT molecular complexity index is 248. The summed E-state index contributed by atoms with van der Waals surface area (Å²) in [5.41, 5.74) is 0.0643. The summed E-state index contributed by atoms with van der Waals surface area (Å²) < 4.78 is 0. The van der Waals surface area contributed by atoms with E-state index in [9.17, 15) is 5.11 Å². The zero-order chi connectivity index (χ0) is 10.1. The van der Waals surface area contributed by atoms with Gasteiger partial charge < -0.3 is 5.11 Å². The van der Waals surface area contributed by atoms with E-state index in [1.54, 1.807) is 0 Å². The third kappa shape index (κ3) is 1.52. The van der Waals surface area contributed by atoms with E-state index in [1.807, 2.05) is 12.2 Å². The first kappa shape index (κ1) is 10.4. The van der Waals surface area contributed by atoms with Crippen LogP contribution < -0.4 is 0 Å². The topological polar surface area (TPSA) is 20.2 Å². The van der Waals surface area contributed by atoms with E-state index >= 15 is 0 Å². The summed E-state index contributed by atoms with van der Waals surface area (Å²) in [6, 6.07) is 0. The Balaban J connectivity index is 3.01. The van der Waals surface area contributed by atoms with Gasteiger partial charge in [-0.25, -0.2) is 0 Å². The van der Waals surface area contributed by atoms with Crippen LogP contribution in [0.3, 0.4) is 0 Å². The minimum atomic E-state index is -0.0868. The molecule has 0 aromatic rings. The highest BCUT2D eigenvalue weighted by atomic mass is 16.3. The third-order valence-corrected chi connectivity index (χ3v) is 3.86. The quantitative estimate of drug-likeness (QED) is 0.684. The summed E-state index contributed by atoms with van der Waals surface area (Å²) >= 11 is 0. The Morgan fingerprint density at radius 1 is 1.54 bits per heavy atom. The summed E-state index contributed by atoms with van der Waals surface area (Å²) in [6.45, 7) is 8.76. The highest BCUT2D eigenvalue weighted by Crippen LogP contribution is 2.49. The fourth-order valence-corrected chi connectivity index (χ4v) is 1.76. The first-order chi connectivity index (χ1) is 5.94. The Labute approximate surface area is 81.2 Å². The van der Waals surface area contributed by atoms with E-state index < -0.39 is 0 Å². The van der Waals surface area contributed by atoms with Crippen LogP contribution in [-0.2, 0) is 0 Å². The molecule has 1 unspecified atom stereocenters. The molecule has 0 amide bonds. The molecule has 0 aliphatic heterocycles. The van der Waals surface area contributed by atoms with Crippen LogP contribution in [0.5, 0.6) is 0 Å². The second kappa shape index (κ2) is 3.21. The van der Waals surface area contributed by atoms with Crippen molar-refractivity contribution in [2.24, 2.45) is 10.8 Å². The van der Waals surface area contributed by atoms with Crippen molar-refractivity contribution in [1.82, 2.24) is 0 Å². The summed E-state index contributed by atoms with van der Waals surface area (Å²) in [6.07, 6.45) is 7.91. The Kier molecular flexibility index (Phi) is 2.56. The zero-order valence-corrected chi connectivity index (χ0v) is 9.09. The molecular formula is C12H20O. The molecule has 1 rings (SSSR count). The van der Waals surface area contributed by atoms with Crippen molar-refractivity contribution < 1.29 is 5.11 Å². The number of allylic oxidation sites excluding steroid dienone is 4. The van der Waals surface area contributed by atoms with Crippen molar-refractivity contribution in [3.63, 3.8) is 0 Å². The van der Waals surface area contributed by atoms with Gasteiger partial charge in [0.05, 0.1) is 5.76 Å². The van der Waals surface area contributed by atoms with Gasteiger partial charge in [0.2, 0.25) is 0 Å². The van der Waals surface area contributed by atoms with Crippen molar-refractivity contribution in [2.75, 3.05) is 0 Å². The number of aliphatic hydroxyl groups excluding tert-OH is 1. The first-order valence-corrected chi connectivity index (χ1v) is 5.00. The van der Waals surface area contributed by atoms with Gasteiger partial charge in [-0.05, 0) is 17.9 Å². The maximum atomic E-state index is 9.90. The van der Waals surface area contributed by atoms with E-state index in [0.717, 1.165) is 12.8 Å². The van der Waals surface area contributed by atoms with Gasteiger partial charge in [-0.2, -0.15) is 0 Å². The molecule has 0 aromatic heterocycles. The minimum absolute atomic E-state index is 0.0868. The van der Waals surface area contributed by atoms with Crippen LogP contribution in [0, 0.1) is 10.8 Å². The van der Waals surface area contributed by atoms with Crippen molar-refractivity contribution in [1.29, 1.82) is 0 Å². The smallest absolute Gasteiger partial charge is 0.0989 e. The second-order valence-corrected chi connectivity index (χ2v) is 4.75. The fourth-order valence-electron chi connectivity index (χ4n) is 1.76. The molecule has 0 fully saturated rings. The number of hydrogen-bond acceptors (Lipinski definition) is 1. The van der Waals surface area contributed by atoms with Crippen LogP contribution >= 0.6 is 0 Å². The molecule has 0 saturated heterocycles. The molecule has 1 nitrogen and oxygen atoms in total. The predicted molar refractivity (Wildman–Crippen MR) is 56.6 cm³/mol. The Hall–Kier alpha value is -0.720. The molecule has 1 N–H and O–H groups in total. The lowest BCUT2D eigenvalue weighted by atomic mass is 9.61. The summed E-state index contributed by atoms with van der Waals surface area (Å²) in [7, 11) is 0. The molecule has 0 spiro atoms. The van der Waals surface area contributed by atoms with Crippen molar-refractivity contribution in [3.05, 3.63) is 24.0 Å². The van der Waals surface area contributed by atoms with Gasteiger partial charge in [0.15, 0.2) is 0 Å². The van der Waals surface area contributed by atoms with Gasteiger partial charge >= 0.3 is 0 Å². The molecule has 1 aliphatic carbocycles. The van der Waals surface area contributed by atoms with Crippen LogP contribution in [-0.4, -0.2) is 5.11 Å². The molecule has 0 aromatic carbocycles. The molecular weight excluding hydrogens is 160 g/mol. The standard InChI is InChI=1S/C12H20O/c1-5-11(2,3)12(4)9-7-6-8-10(12)13/h6-8,13H,5,9H2,1-4H3. The first-order valence-electron chi connectivity index (χ1n) is 5.00. The third-order valence-electron chi connectivity index (χ3n) is 3.86. The van der Waals surface area contributed by atoms with Gasteiger partial charge in [0, 0.05) is 5.41 Å². The average Bonchev–Trinajstić information content (AvgIpc) is 2.10. The monoisotopic (exact) mass is 180 g/mol. The number of aliphatic hydroxyl groups is 1. The van der Waals surface area contributed by atoms with E-state index in [0.29, 0.717) is 5.76 Å². The van der Waals surface area contributed by atoms with Crippen LogP contribution in [0.1, 0.15) is 40.5 Å². The van der Waals surface area contributed by atoms with Gasteiger partial charge in [-0.3, -0.25) is 0 Å². The second-order valence-electron chi connectivity index (χ2n) is 4.75. The van der Waals surface area contributed by atoms with Crippen molar-refractivity contribution in [2.45, 2.75) is 40.5 Å². The lowest BCUT2D eigenvalue weighted by Crippen LogP contribution is -2.37. The molecule has 13 heavy (non-hydrogen) atoms. The van der Waals surface area contributed by atoms with Gasteiger partial charge in [-0.1, -0.05) is 46.3 Å². The van der Waals surface area contributed by atoms with Crippen LogP contribution in [0.25, 0.3) is 0 Å². The maximum Gasteiger partial charge on any atom is 0.0989 e. The summed E-state index contributed by atoms with van der Waals surface area (Å²) in [5, 5.41) is 9.90. The maximum absolute atomic E-state index is 9.90. The normalized spacial score (nSPS) is 28.8. The van der Waals surface area contributed by atoms with Crippen LogP contribution in [0.15, 0.2) is 24.0 Å². The molecule has 0 saturated carbocycles.